The van der Waals surface area contributed by atoms with Crippen LogP contribution in [0.4, 0.5) is 4.79 Å². The first-order valence-corrected chi connectivity index (χ1v) is 4.09. The third-order valence-electron chi connectivity index (χ3n) is 0.581. The van der Waals surface area contributed by atoms with Gasteiger partial charge >= 0.3 is 13.8 Å². The Morgan fingerprint density at radius 3 is 2.60 bits per heavy atom. The Morgan fingerprint density at radius 2 is 2.30 bits per heavy atom. The Bertz CT molecular complexity index is 186. The van der Waals surface area contributed by atoms with E-state index in [1.807, 2.05) is 0 Å². The number of hydrogen-bond donors (Lipinski definition) is 2. The second-order valence-electron chi connectivity index (χ2n) is 1.47. The Labute approximate surface area is 57.5 Å². The van der Waals surface area contributed by atoms with Crippen LogP contribution in [0, 0.1) is 0 Å². The first kappa shape index (κ1) is 9.20. The third kappa shape index (κ3) is 4.12. The molecule has 0 bridgehead atoms. The van der Waals surface area contributed by atoms with Crippen molar-refractivity contribution in [3.63, 3.8) is 0 Å². The first-order valence-electron chi connectivity index (χ1n) is 2.33. The van der Waals surface area contributed by atoms with E-state index >= 15 is 0 Å². The highest BCUT2D eigenvalue weighted by Gasteiger charge is 2.21. The predicted molar refractivity (Wildman–Crippen MR) is 34.0 cm³/mol. The summed E-state index contributed by atoms with van der Waals surface area (Å²) in [5.74, 6) is 0. The van der Waals surface area contributed by atoms with Gasteiger partial charge in [0.25, 0.3) is 0 Å². The summed E-state index contributed by atoms with van der Waals surface area (Å²) in [5.41, 5.74) is 0. The van der Waals surface area contributed by atoms with Crippen LogP contribution in [0.25, 0.3) is 0 Å². The zero-order valence-corrected chi connectivity index (χ0v) is 5.95. The Balaban J connectivity index is 3.99. The van der Waals surface area contributed by atoms with Crippen LogP contribution in [0.15, 0.2) is 12.7 Å². The SMILES string of the molecule is C=CCP(=O)(O)OC(=O)O. The number of allylic oxidation sites excluding steroid dienone is 1. The number of rotatable bonds is 3. The molecule has 0 heterocycles. The molecule has 0 aromatic heterocycles. The minimum Gasteiger partial charge on any atom is -0.449 e. The lowest BCUT2D eigenvalue weighted by atomic mass is 10.8. The van der Waals surface area contributed by atoms with Crippen LogP contribution in [-0.2, 0) is 9.09 Å². The Kier molecular flexibility index (Phi) is 3.12. The first-order chi connectivity index (χ1) is 4.48. The van der Waals surface area contributed by atoms with Crippen LogP contribution in [0.1, 0.15) is 0 Å². The lowest BCUT2D eigenvalue weighted by molar-refractivity contribution is 0.139. The fourth-order valence-electron chi connectivity index (χ4n) is 0.322. The molecule has 0 saturated heterocycles. The van der Waals surface area contributed by atoms with Crippen molar-refractivity contribution in [3.8, 4) is 0 Å². The smallest absolute Gasteiger partial charge is 0.449 e. The summed E-state index contributed by atoms with van der Waals surface area (Å²) < 4.78 is 14.1. The van der Waals surface area contributed by atoms with Crippen LogP contribution in [0.2, 0.25) is 0 Å². The van der Waals surface area contributed by atoms with E-state index in [0.717, 1.165) is 6.08 Å². The quantitative estimate of drug-likeness (QED) is 0.483. The van der Waals surface area contributed by atoms with Gasteiger partial charge < -0.3 is 14.5 Å². The molecule has 0 radical (unpaired) electrons. The van der Waals surface area contributed by atoms with E-state index in [2.05, 4.69) is 11.1 Å². The molecule has 0 amide bonds. The monoisotopic (exact) mass is 166 g/mol. The Hall–Kier alpha value is -0.800. The fraction of sp³-hybridized carbons (Fsp3) is 0.250. The zero-order valence-electron chi connectivity index (χ0n) is 5.06. The minimum absolute atomic E-state index is 0.362. The molecule has 6 heteroatoms. The molecular weight excluding hydrogens is 159 g/mol. The van der Waals surface area contributed by atoms with Crippen LogP contribution in [0.3, 0.4) is 0 Å². The molecular formula is C4H7O5P. The second kappa shape index (κ2) is 3.39. The molecule has 0 aromatic carbocycles. The van der Waals surface area contributed by atoms with Crippen molar-refractivity contribution in [2.45, 2.75) is 0 Å². The third-order valence-corrected chi connectivity index (χ3v) is 1.74. The van der Waals surface area contributed by atoms with Crippen LogP contribution >= 0.6 is 7.60 Å². The molecule has 0 saturated carbocycles. The number of carboxylic acid groups (broad SMARTS) is 1. The molecule has 0 aliphatic heterocycles. The fourth-order valence-corrected chi connectivity index (χ4v) is 0.967. The molecule has 58 valence electrons. The average molecular weight is 166 g/mol. The van der Waals surface area contributed by atoms with Crippen molar-refractivity contribution >= 4 is 13.8 Å². The van der Waals surface area contributed by atoms with Gasteiger partial charge in [-0.05, 0) is 0 Å². The molecule has 1 unspecified atom stereocenters. The summed E-state index contributed by atoms with van der Waals surface area (Å²) in [6.45, 7) is 3.15. The lowest BCUT2D eigenvalue weighted by Gasteiger charge is -2.04. The molecule has 0 aliphatic carbocycles. The highest BCUT2D eigenvalue weighted by atomic mass is 31.2. The van der Waals surface area contributed by atoms with Crippen molar-refractivity contribution in [1.29, 1.82) is 0 Å². The van der Waals surface area contributed by atoms with Crippen molar-refractivity contribution < 1.29 is 23.9 Å². The molecule has 0 rings (SSSR count). The number of carbonyl (C=O) groups is 1. The van der Waals surface area contributed by atoms with Gasteiger partial charge in [-0.2, -0.15) is 0 Å². The predicted octanol–water partition coefficient (Wildman–Crippen LogP) is 1.05. The summed E-state index contributed by atoms with van der Waals surface area (Å²) in [4.78, 5) is 18.3. The second-order valence-corrected chi connectivity index (χ2v) is 3.29. The van der Waals surface area contributed by atoms with Gasteiger partial charge in [-0.1, -0.05) is 6.08 Å². The van der Waals surface area contributed by atoms with E-state index in [4.69, 9.17) is 10.00 Å². The minimum atomic E-state index is -3.97. The molecule has 0 spiro atoms. The van der Waals surface area contributed by atoms with E-state index in [1.54, 1.807) is 0 Å². The summed E-state index contributed by atoms with van der Waals surface area (Å²) >= 11 is 0. The summed E-state index contributed by atoms with van der Waals surface area (Å²) in [5, 5.41) is 7.89. The van der Waals surface area contributed by atoms with Crippen molar-refractivity contribution in [3.05, 3.63) is 12.7 Å². The van der Waals surface area contributed by atoms with Gasteiger partial charge in [0.2, 0.25) is 0 Å². The van der Waals surface area contributed by atoms with Gasteiger partial charge in [0.1, 0.15) is 0 Å². The molecule has 0 aromatic rings. The molecule has 1 atom stereocenters. The van der Waals surface area contributed by atoms with Gasteiger partial charge in [-0.25, -0.2) is 9.36 Å². The molecule has 2 N–H and O–H groups in total. The summed E-state index contributed by atoms with van der Waals surface area (Å²) in [7, 11) is -3.97. The topological polar surface area (TPSA) is 83.8 Å². The van der Waals surface area contributed by atoms with Gasteiger partial charge in [-0.3, -0.25) is 0 Å². The normalized spacial score (nSPS) is 15.3. The van der Waals surface area contributed by atoms with Crippen molar-refractivity contribution in [2.75, 3.05) is 6.16 Å². The van der Waals surface area contributed by atoms with Crippen LogP contribution in [-0.4, -0.2) is 22.3 Å². The molecule has 10 heavy (non-hydrogen) atoms. The summed E-state index contributed by atoms with van der Waals surface area (Å²) in [6.07, 6.45) is -1.00. The van der Waals surface area contributed by atoms with Crippen molar-refractivity contribution in [1.82, 2.24) is 0 Å². The molecule has 5 nitrogen and oxygen atoms in total. The van der Waals surface area contributed by atoms with Crippen molar-refractivity contribution in [2.24, 2.45) is 0 Å². The van der Waals surface area contributed by atoms with Gasteiger partial charge in [0.05, 0.1) is 6.16 Å². The molecule has 0 aliphatic rings. The van der Waals surface area contributed by atoms with E-state index in [1.165, 1.54) is 0 Å². The van der Waals surface area contributed by atoms with E-state index < -0.39 is 13.8 Å². The van der Waals surface area contributed by atoms with Crippen LogP contribution < -0.4 is 0 Å². The molecule has 0 fully saturated rings. The number of hydrogen-bond acceptors (Lipinski definition) is 3. The highest BCUT2D eigenvalue weighted by Crippen LogP contribution is 2.41. The highest BCUT2D eigenvalue weighted by molar-refractivity contribution is 7.53. The maximum absolute atomic E-state index is 10.5. The van der Waals surface area contributed by atoms with Gasteiger partial charge in [-0.15, -0.1) is 6.58 Å². The van der Waals surface area contributed by atoms with Crippen LogP contribution in [0.5, 0.6) is 0 Å². The van der Waals surface area contributed by atoms with E-state index in [-0.39, 0.29) is 6.16 Å². The summed E-state index contributed by atoms with van der Waals surface area (Å²) in [6, 6.07) is 0. The zero-order chi connectivity index (χ0) is 8.20. The van der Waals surface area contributed by atoms with E-state index in [0.29, 0.717) is 0 Å². The largest absolute Gasteiger partial charge is 0.512 e. The maximum Gasteiger partial charge on any atom is 0.512 e. The van der Waals surface area contributed by atoms with Gasteiger partial charge in [0, 0.05) is 0 Å². The Morgan fingerprint density at radius 1 is 1.80 bits per heavy atom. The maximum atomic E-state index is 10.5. The van der Waals surface area contributed by atoms with Gasteiger partial charge in [0.15, 0.2) is 0 Å². The van der Waals surface area contributed by atoms with E-state index in [9.17, 15) is 9.36 Å². The standard InChI is InChI=1S/C4H7O5P/c1-2-3-10(7,8)9-4(5)6/h2H,1,3H2,(H,5,6)(H,7,8). The lowest BCUT2D eigenvalue weighted by Crippen LogP contribution is -1.99. The average Bonchev–Trinajstić information content (AvgIpc) is 1.59.